The van der Waals surface area contributed by atoms with Gasteiger partial charge < -0.3 is 15.3 Å². The van der Waals surface area contributed by atoms with Gasteiger partial charge in [-0.1, -0.05) is 19.9 Å². The summed E-state index contributed by atoms with van der Waals surface area (Å²) in [6, 6.07) is 10.4. The molecule has 2 fully saturated rings. The topological polar surface area (TPSA) is 72.6 Å². The first-order chi connectivity index (χ1) is 17.0. The summed E-state index contributed by atoms with van der Waals surface area (Å²) in [6.45, 7) is 10.5. The monoisotopic (exact) mass is 470 g/mol. The number of H-pyrrole nitrogens is 2. The molecule has 0 bridgehead atoms. The molecule has 4 aromatic rings. The first-order valence-electron chi connectivity index (χ1n) is 13.5. The van der Waals surface area contributed by atoms with E-state index in [9.17, 15) is 0 Å². The maximum Gasteiger partial charge on any atom is 0.140 e. The van der Waals surface area contributed by atoms with E-state index in [1.807, 2.05) is 12.4 Å². The molecule has 2 aliphatic heterocycles. The van der Waals surface area contributed by atoms with E-state index in [1.165, 1.54) is 62.9 Å². The van der Waals surface area contributed by atoms with Gasteiger partial charge in [-0.25, -0.2) is 9.97 Å². The fourth-order valence-corrected chi connectivity index (χ4v) is 6.53. The van der Waals surface area contributed by atoms with Crippen molar-refractivity contribution in [3.05, 3.63) is 47.8 Å². The standard InChI is InChI=1S/C29H38N6/c1-18(2)12-25-15-20(7-11-35(25)24-5-8-30-9-6-24)22-13-19(3)27-26(16-22)33-29(34-27)23-14-21-4-10-31-28(21)32-17-23/h4,10,13-14,16-18,20,24-25,30H,5-9,11-12,15H2,1-3H3,(H,31,32)(H,33,34)/t20?,25-/m1/s1. The Kier molecular flexibility index (Phi) is 6.11. The Bertz CT molecular complexity index is 1310. The van der Waals surface area contributed by atoms with Crippen LogP contribution in [0.2, 0.25) is 0 Å². The Labute approximate surface area is 207 Å². The highest BCUT2D eigenvalue weighted by molar-refractivity contribution is 5.85. The van der Waals surface area contributed by atoms with Crippen LogP contribution in [0.4, 0.5) is 0 Å². The number of aromatic nitrogens is 4. The lowest BCUT2D eigenvalue weighted by Crippen LogP contribution is -2.51. The molecule has 5 heterocycles. The van der Waals surface area contributed by atoms with E-state index in [2.05, 4.69) is 70.2 Å². The number of rotatable bonds is 5. The zero-order valence-corrected chi connectivity index (χ0v) is 21.3. The largest absolute Gasteiger partial charge is 0.346 e. The van der Waals surface area contributed by atoms with Gasteiger partial charge in [0.2, 0.25) is 0 Å². The third-order valence-corrected chi connectivity index (χ3v) is 8.23. The minimum atomic E-state index is 0.615. The number of benzene rings is 1. The number of hydrogen-bond acceptors (Lipinski definition) is 4. The van der Waals surface area contributed by atoms with Crippen molar-refractivity contribution in [3.63, 3.8) is 0 Å². The molecule has 1 unspecified atom stereocenters. The number of piperidine rings is 2. The van der Waals surface area contributed by atoms with Crippen LogP contribution in [0.3, 0.4) is 0 Å². The minimum Gasteiger partial charge on any atom is -0.346 e. The summed E-state index contributed by atoms with van der Waals surface area (Å²) in [4.78, 5) is 19.2. The molecule has 6 heteroatoms. The second kappa shape index (κ2) is 9.40. The van der Waals surface area contributed by atoms with Crippen LogP contribution in [0.25, 0.3) is 33.5 Å². The molecule has 0 radical (unpaired) electrons. The van der Waals surface area contributed by atoms with Gasteiger partial charge in [0.1, 0.15) is 11.5 Å². The van der Waals surface area contributed by atoms with Crippen LogP contribution >= 0.6 is 0 Å². The highest BCUT2D eigenvalue weighted by atomic mass is 15.2. The van der Waals surface area contributed by atoms with Gasteiger partial charge in [0.05, 0.1) is 11.0 Å². The van der Waals surface area contributed by atoms with Crippen LogP contribution in [0, 0.1) is 12.8 Å². The second-order valence-electron chi connectivity index (χ2n) is 11.2. The molecule has 1 aromatic carbocycles. The molecule has 6 rings (SSSR count). The molecule has 3 N–H and O–H groups in total. The van der Waals surface area contributed by atoms with Gasteiger partial charge >= 0.3 is 0 Å². The maximum atomic E-state index is 4.97. The predicted octanol–water partition coefficient (Wildman–Crippen LogP) is 5.76. The van der Waals surface area contributed by atoms with Crippen molar-refractivity contribution in [2.45, 2.75) is 70.9 Å². The number of fused-ring (bicyclic) bond motifs is 2. The normalized spacial score (nSPS) is 22.5. The average Bonchev–Trinajstić information content (AvgIpc) is 3.51. The van der Waals surface area contributed by atoms with Crippen LogP contribution in [-0.4, -0.2) is 56.6 Å². The summed E-state index contributed by atoms with van der Waals surface area (Å²) < 4.78 is 0. The summed E-state index contributed by atoms with van der Waals surface area (Å²) in [5.41, 5.74) is 6.89. The molecule has 0 aliphatic carbocycles. The quantitative estimate of drug-likeness (QED) is 0.347. The molecule has 3 aromatic heterocycles. The van der Waals surface area contributed by atoms with Crippen molar-refractivity contribution in [1.82, 2.24) is 30.2 Å². The summed E-state index contributed by atoms with van der Waals surface area (Å²) in [6.07, 6.45) is 10.2. The number of hydrogen-bond donors (Lipinski definition) is 3. The molecule has 35 heavy (non-hydrogen) atoms. The number of imidazole rings is 1. The van der Waals surface area contributed by atoms with Gasteiger partial charge in [-0.15, -0.1) is 0 Å². The van der Waals surface area contributed by atoms with E-state index < -0.39 is 0 Å². The first kappa shape index (κ1) is 22.7. The highest BCUT2D eigenvalue weighted by Crippen LogP contribution is 2.38. The Morgan fingerprint density at radius 2 is 1.97 bits per heavy atom. The van der Waals surface area contributed by atoms with Crippen LogP contribution in [-0.2, 0) is 0 Å². The smallest absolute Gasteiger partial charge is 0.140 e. The Morgan fingerprint density at radius 3 is 2.80 bits per heavy atom. The lowest BCUT2D eigenvalue weighted by Gasteiger charge is -2.46. The van der Waals surface area contributed by atoms with Crippen LogP contribution < -0.4 is 5.32 Å². The maximum absolute atomic E-state index is 4.97. The molecule has 0 amide bonds. The molecule has 6 nitrogen and oxygen atoms in total. The average molecular weight is 471 g/mol. The van der Waals surface area contributed by atoms with Crippen molar-refractivity contribution in [3.8, 4) is 11.4 Å². The van der Waals surface area contributed by atoms with Gasteiger partial charge in [-0.3, -0.25) is 4.90 Å². The third-order valence-electron chi connectivity index (χ3n) is 8.23. The Balaban J connectivity index is 1.28. The molecule has 184 valence electrons. The van der Waals surface area contributed by atoms with E-state index in [0.717, 1.165) is 45.4 Å². The van der Waals surface area contributed by atoms with Gasteiger partial charge in [0.15, 0.2) is 0 Å². The Hall–Kier alpha value is -2.70. The molecular formula is C29H38N6. The molecule has 2 saturated heterocycles. The van der Waals surface area contributed by atoms with Crippen molar-refractivity contribution >= 4 is 22.1 Å². The molecule has 2 aliphatic rings. The van der Waals surface area contributed by atoms with E-state index in [4.69, 9.17) is 4.98 Å². The highest BCUT2D eigenvalue weighted by Gasteiger charge is 2.34. The SMILES string of the molecule is Cc1cc(C2CCN(C3CCNCC3)[C@H](CC(C)C)C2)cc2[nH]c(-c3cnc4[nH]ccc4c3)nc12. The van der Waals surface area contributed by atoms with Crippen LogP contribution in [0.5, 0.6) is 0 Å². The van der Waals surface area contributed by atoms with E-state index in [-0.39, 0.29) is 0 Å². The summed E-state index contributed by atoms with van der Waals surface area (Å²) >= 11 is 0. The third kappa shape index (κ3) is 4.50. The zero-order chi connectivity index (χ0) is 23.9. The number of nitrogens with one attached hydrogen (secondary N) is 3. The zero-order valence-electron chi connectivity index (χ0n) is 21.3. The molecule has 0 saturated carbocycles. The number of nitrogens with zero attached hydrogens (tertiary/aromatic N) is 3. The number of likely N-dealkylation sites (tertiary alicyclic amines) is 1. The fourth-order valence-electron chi connectivity index (χ4n) is 6.53. The fraction of sp³-hybridized carbons (Fsp3) is 0.517. The van der Waals surface area contributed by atoms with Gasteiger partial charge in [-0.2, -0.15) is 0 Å². The number of pyridine rings is 1. The first-order valence-corrected chi connectivity index (χ1v) is 13.5. The van der Waals surface area contributed by atoms with Crippen molar-refractivity contribution < 1.29 is 0 Å². The molecule has 0 spiro atoms. The van der Waals surface area contributed by atoms with E-state index >= 15 is 0 Å². The van der Waals surface area contributed by atoms with Gasteiger partial charge in [-0.05, 0) is 99.8 Å². The van der Waals surface area contributed by atoms with Crippen molar-refractivity contribution in [1.29, 1.82) is 0 Å². The summed E-state index contributed by atoms with van der Waals surface area (Å²) in [7, 11) is 0. The van der Waals surface area contributed by atoms with E-state index in [0.29, 0.717) is 12.0 Å². The number of aromatic amines is 2. The van der Waals surface area contributed by atoms with Crippen molar-refractivity contribution in [2.24, 2.45) is 5.92 Å². The lowest BCUT2D eigenvalue weighted by atomic mass is 9.80. The van der Waals surface area contributed by atoms with E-state index in [1.54, 1.807) is 0 Å². The summed E-state index contributed by atoms with van der Waals surface area (Å²) in [5.74, 6) is 2.24. The van der Waals surface area contributed by atoms with Gasteiger partial charge in [0, 0.05) is 35.4 Å². The molecule has 2 atom stereocenters. The molecular weight excluding hydrogens is 432 g/mol. The lowest BCUT2D eigenvalue weighted by molar-refractivity contribution is 0.0562. The number of aryl methyl sites for hydroxylation is 1. The predicted molar refractivity (Wildman–Crippen MR) is 144 cm³/mol. The van der Waals surface area contributed by atoms with Crippen LogP contribution in [0.1, 0.15) is 63.0 Å². The second-order valence-corrected chi connectivity index (χ2v) is 11.2. The minimum absolute atomic E-state index is 0.615. The van der Waals surface area contributed by atoms with Crippen molar-refractivity contribution in [2.75, 3.05) is 19.6 Å². The summed E-state index contributed by atoms with van der Waals surface area (Å²) in [5, 5.41) is 4.66. The van der Waals surface area contributed by atoms with Gasteiger partial charge in [0.25, 0.3) is 0 Å². The Morgan fingerprint density at radius 1 is 1.11 bits per heavy atom. The van der Waals surface area contributed by atoms with Crippen LogP contribution in [0.15, 0.2) is 36.7 Å².